The number of ketones is 2. The van der Waals surface area contributed by atoms with Crippen LogP contribution in [0.1, 0.15) is 35.3 Å². The molecule has 0 bridgehead atoms. The molecule has 0 saturated carbocycles. The first-order valence-corrected chi connectivity index (χ1v) is 12.9. The van der Waals surface area contributed by atoms with Crippen LogP contribution >= 0.6 is 0 Å². The van der Waals surface area contributed by atoms with Crippen LogP contribution in [0.3, 0.4) is 0 Å². The quantitative estimate of drug-likeness (QED) is 0.290. The summed E-state index contributed by atoms with van der Waals surface area (Å²) in [6, 6.07) is 11.5. The number of ether oxygens (including phenoxy) is 4. The smallest absolute Gasteiger partial charge is 0.291 e. The number of hydrogen-bond acceptors (Lipinski definition) is 8. The number of fused-ring (bicyclic) bond motifs is 1. The Bertz CT molecular complexity index is 1140. The van der Waals surface area contributed by atoms with Crippen molar-refractivity contribution in [3.8, 4) is 17.2 Å². The minimum atomic E-state index is -1.14. The van der Waals surface area contributed by atoms with Crippen molar-refractivity contribution in [3.05, 3.63) is 53.6 Å². The summed E-state index contributed by atoms with van der Waals surface area (Å²) in [4.78, 5) is 44.2. The SMILES string of the molecule is CCOc1ccc(C2C(C(=O)c3ccc4c(c3)OCCO4)C(=O)C(=O)N2CCCN2CCOCC2)cc1. The Morgan fingerprint density at radius 2 is 1.68 bits per heavy atom. The zero-order valence-corrected chi connectivity index (χ0v) is 21.0. The Balaban J connectivity index is 1.42. The molecule has 3 aliphatic heterocycles. The van der Waals surface area contributed by atoms with Crippen molar-refractivity contribution >= 4 is 17.5 Å². The van der Waals surface area contributed by atoms with Gasteiger partial charge in [-0.3, -0.25) is 19.3 Å². The number of morpholine rings is 1. The average Bonchev–Trinajstić information content (AvgIpc) is 3.18. The van der Waals surface area contributed by atoms with Crippen molar-refractivity contribution in [2.75, 3.05) is 59.2 Å². The van der Waals surface area contributed by atoms with Crippen molar-refractivity contribution < 1.29 is 33.3 Å². The molecule has 2 aromatic carbocycles. The molecule has 3 aliphatic rings. The summed E-state index contributed by atoms with van der Waals surface area (Å²) in [5, 5.41) is 0. The maximum absolute atomic E-state index is 13.8. The summed E-state index contributed by atoms with van der Waals surface area (Å²) in [7, 11) is 0. The van der Waals surface area contributed by atoms with Crippen LogP contribution in [0.4, 0.5) is 0 Å². The second-order valence-corrected chi connectivity index (χ2v) is 9.32. The molecule has 0 aromatic heterocycles. The fourth-order valence-electron chi connectivity index (χ4n) is 5.19. The van der Waals surface area contributed by atoms with Gasteiger partial charge in [-0.15, -0.1) is 0 Å². The molecule has 5 rings (SSSR count). The number of carbonyl (C=O) groups is 3. The zero-order chi connectivity index (χ0) is 25.8. The summed E-state index contributed by atoms with van der Waals surface area (Å²) in [5.74, 6) is -1.11. The fourth-order valence-corrected chi connectivity index (χ4v) is 5.19. The molecule has 0 radical (unpaired) electrons. The number of Topliss-reactive ketones (excluding diaryl/α,β-unsaturated/α-hetero) is 2. The van der Waals surface area contributed by atoms with Crippen LogP contribution in [0.15, 0.2) is 42.5 Å². The topological polar surface area (TPSA) is 94.6 Å². The first kappa shape index (κ1) is 25.2. The molecule has 2 saturated heterocycles. The van der Waals surface area contributed by atoms with Crippen LogP contribution in [-0.2, 0) is 14.3 Å². The Hall–Kier alpha value is -3.43. The molecule has 0 N–H and O–H groups in total. The van der Waals surface area contributed by atoms with E-state index in [0.29, 0.717) is 68.8 Å². The zero-order valence-electron chi connectivity index (χ0n) is 21.0. The van der Waals surface area contributed by atoms with Crippen LogP contribution < -0.4 is 14.2 Å². The molecule has 2 atom stereocenters. The van der Waals surface area contributed by atoms with Crippen molar-refractivity contribution in [1.82, 2.24) is 9.80 Å². The molecule has 2 unspecified atom stereocenters. The van der Waals surface area contributed by atoms with E-state index >= 15 is 0 Å². The first-order chi connectivity index (χ1) is 18.1. The van der Waals surface area contributed by atoms with E-state index in [2.05, 4.69) is 4.90 Å². The Labute approximate surface area is 216 Å². The third kappa shape index (κ3) is 5.33. The highest BCUT2D eigenvalue weighted by Gasteiger charge is 2.51. The lowest BCUT2D eigenvalue weighted by atomic mass is 9.86. The highest BCUT2D eigenvalue weighted by atomic mass is 16.6. The maximum atomic E-state index is 13.8. The van der Waals surface area contributed by atoms with Gasteiger partial charge in [0.2, 0.25) is 5.78 Å². The molecule has 1 amide bonds. The van der Waals surface area contributed by atoms with Crippen molar-refractivity contribution in [3.63, 3.8) is 0 Å². The standard InChI is InChI=1S/C28H32N2O7/c1-2-35-21-7-4-19(5-8-21)25-24(26(31)20-6-9-22-23(18-20)37-17-16-36-22)27(32)28(33)30(25)11-3-10-29-12-14-34-15-13-29/h4-9,18,24-25H,2-3,10-17H2,1H3. The van der Waals surface area contributed by atoms with Crippen molar-refractivity contribution in [2.24, 2.45) is 5.92 Å². The van der Waals surface area contributed by atoms with Gasteiger partial charge < -0.3 is 23.8 Å². The fraction of sp³-hybridized carbons (Fsp3) is 0.464. The Kier molecular flexibility index (Phi) is 7.71. The molecule has 9 heteroatoms. The number of amides is 1. The van der Waals surface area contributed by atoms with E-state index in [9.17, 15) is 14.4 Å². The van der Waals surface area contributed by atoms with Crippen molar-refractivity contribution in [1.29, 1.82) is 0 Å². The largest absolute Gasteiger partial charge is 0.494 e. The van der Waals surface area contributed by atoms with Crippen LogP contribution in [0.5, 0.6) is 17.2 Å². The van der Waals surface area contributed by atoms with E-state index in [1.807, 2.05) is 31.2 Å². The predicted molar refractivity (Wildman–Crippen MR) is 134 cm³/mol. The summed E-state index contributed by atoms with van der Waals surface area (Å²) >= 11 is 0. The van der Waals surface area contributed by atoms with Gasteiger partial charge in [-0.25, -0.2) is 0 Å². The van der Waals surface area contributed by atoms with Gasteiger partial charge in [0.15, 0.2) is 17.3 Å². The molecule has 2 fully saturated rings. The van der Waals surface area contributed by atoms with Crippen LogP contribution in [-0.4, -0.2) is 86.5 Å². The molecular formula is C28H32N2O7. The number of likely N-dealkylation sites (tertiary alicyclic amines) is 1. The molecule has 2 aromatic rings. The van der Waals surface area contributed by atoms with Gasteiger partial charge in [0.1, 0.15) is 24.9 Å². The summed E-state index contributed by atoms with van der Waals surface area (Å²) in [6.07, 6.45) is 0.692. The third-order valence-electron chi connectivity index (χ3n) is 7.02. The lowest BCUT2D eigenvalue weighted by Gasteiger charge is -2.30. The molecule has 37 heavy (non-hydrogen) atoms. The minimum Gasteiger partial charge on any atom is -0.494 e. The van der Waals surface area contributed by atoms with E-state index in [1.54, 1.807) is 23.1 Å². The van der Waals surface area contributed by atoms with E-state index in [0.717, 1.165) is 25.2 Å². The van der Waals surface area contributed by atoms with Gasteiger partial charge in [0, 0.05) is 31.7 Å². The average molecular weight is 509 g/mol. The third-order valence-corrected chi connectivity index (χ3v) is 7.02. The number of carbonyl (C=O) groups excluding carboxylic acids is 3. The molecule has 0 aliphatic carbocycles. The lowest BCUT2D eigenvalue weighted by molar-refractivity contribution is -0.140. The minimum absolute atomic E-state index is 0.321. The predicted octanol–water partition coefficient (Wildman–Crippen LogP) is 2.53. The van der Waals surface area contributed by atoms with E-state index in [4.69, 9.17) is 18.9 Å². The molecular weight excluding hydrogens is 476 g/mol. The van der Waals surface area contributed by atoms with E-state index < -0.39 is 29.4 Å². The van der Waals surface area contributed by atoms with Gasteiger partial charge in [-0.05, 0) is 49.2 Å². The van der Waals surface area contributed by atoms with E-state index in [-0.39, 0.29) is 0 Å². The molecule has 9 nitrogen and oxygen atoms in total. The van der Waals surface area contributed by atoms with Gasteiger partial charge in [-0.2, -0.15) is 0 Å². The molecule has 0 spiro atoms. The summed E-state index contributed by atoms with van der Waals surface area (Å²) in [5.41, 5.74) is 1.05. The van der Waals surface area contributed by atoms with Gasteiger partial charge in [0.05, 0.1) is 25.9 Å². The molecule has 3 heterocycles. The van der Waals surface area contributed by atoms with Gasteiger partial charge in [0.25, 0.3) is 5.91 Å². The van der Waals surface area contributed by atoms with Gasteiger partial charge in [-0.1, -0.05) is 12.1 Å². The van der Waals surface area contributed by atoms with Crippen LogP contribution in [0.2, 0.25) is 0 Å². The van der Waals surface area contributed by atoms with E-state index in [1.165, 1.54) is 0 Å². The highest BCUT2D eigenvalue weighted by Crippen LogP contribution is 2.40. The number of benzene rings is 2. The second-order valence-electron chi connectivity index (χ2n) is 9.32. The summed E-state index contributed by atoms with van der Waals surface area (Å²) < 4.78 is 22.2. The Morgan fingerprint density at radius 3 is 2.41 bits per heavy atom. The lowest BCUT2D eigenvalue weighted by Crippen LogP contribution is -2.39. The number of hydrogen-bond donors (Lipinski definition) is 0. The highest BCUT2D eigenvalue weighted by molar-refractivity contribution is 6.44. The number of nitrogens with zero attached hydrogens (tertiary/aromatic N) is 2. The Morgan fingerprint density at radius 1 is 0.946 bits per heavy atom. The number of rotatable bonds is 9. The second kappa shape index (κ2) is 11.3. The van der Waals surface area contributed by atoms with Crippen LogP contribution in [0.25, 0.3) is 0 Å². The van der Waals surface area contributed by atoms with Crippen LogP contribution in [0, 0.1) is 5.92 Å². The normalized spacial score (nSPS) is 21.8. The van der Waals surface area contributed by atoms with Gasteiger partial charge >= 0.3 is 0 Å². The first-order valence-electron chi connectivity index (χ1n) is 12.9. The summed E-state index contributed by atoms with van der Waals surface area (Å²) in [6.45, 7) is 7.51. The monoisotopic (exact) mass is 508 g/mol. The maximum Gasteiger partial charge on any atom is 0.291 e. The molecule has 196 valence electrons. The van der Waals surface area contributed by atoms with Crippen molar-refractivity contribution in [2.45, 2.75) is 19.4 Å².